The fraction of sp³-hybridized carbons (Fsp3) is 0.533. The van der Waals surface area contributed by atoms with Crippen LogP contribution in [0.15, 0.2) is 18.2 Å². The Hall–Kier alpha value is -1.96. The van der Waals surface area contributed by atoms with Crippen LogP contribution < -0.4 is 15.4 Å². The maximum absolute atomic E-state index is 12.2. The van der Waals surface area contributed by atoms with Gasteiger partial charge in [-0.15, -0.1) is 0 Å². The molecule has 0 aromatic heterocycles. The molecule has 1 aromatic rings. The van der Waals surface area contributed by atoms with Gasteiger partial charge in [0.25, 0.3) is 0 Å². The molecule has 5 nitrogen and oxygen atoms in total. The third-order valence-electron chi connectivity index (χ3n) is 3.50. The van der Waals surface area contributed by atoms with E-state index in [1.165, 1.54) is 12.1 Å². The number of rotatable bonds is 5. The molecule has 0 aliphatic carbocycles. The quantitative estimate of drug-likeness (QED) is 0.871. The van der Waals surface area contributed by atoms with Gasteiger partial charge in [0.15, 0.2) is 6.61 Å². The Kier molecular flexibility index (Phi) is 5.70. The molecule has 2 rings (SSSR count). The van der Waals surface area contributed by atoms with Crippen molar-refractivity contribution in [1.29, 1.82) is 0 Å². The summed E-state index contributed by atoms with van der Waals surface area (Å²) in [6.45, 7) is 2.04. The van der Waals surface area contributed by atoms with Gasteiger partial charge in [-0.25, -0.2) is 4.79 Å². The average molecular weight is 332 g/mol. The van der Waals surface area contributed by atoms with E-state index >= 15 is 0 Å². The van der Waals surface area contributed by atoms with Gasteiger partial charge < -0.3 is 20.1 Å². The van der Waals surface area contributed by atoms with Gasteiger partial charge in [0, 0.05) is 30.3 Å². The minimum atomic E-state index is -4.41. The lowest BCUT2D eigenvalue weighted by Crippen LogP contribution is -2.33. The molecule has 1 aromatic carbocycles. The van der Waals surface area contributed by atoms with Crippen molar-refractivity contribution in [3.8, 4) is 5.75 Å². The zero-order chi connectivity index (χ0) is 16.9. The van der Waals surface area contributed by atoms with E-state index in [-0.39, 0.29) is 5.75 Å². The molecule has 0 bridgehead atoms. The van der Waals surface area contributed by atoms with E-state index in [2.05, 4.69) is 10.6 Å². The van der Waals surface area contributed by atoms with E-state index < -0.39 is 18.8 Å². The maximum atomic E-state index is 12.2. The minimum Gasteiger partial charge on any atom is -0.484 e. The molecule has 0 unspecified atom stereocenters. The van der Waals surface area contributed by atoms with Crippen molar-refractivity contribution in [2.45, 2.75) is 19.5 Å². The fourth-order valence-electron chi connectivity index (χ4n) is 2.21. The first kappa shape index (κ1) is 17.4. The number of urea groups is 1. The van der Waals surface area contributed by atoms with Crippen LogP contribution in [0.1, 0.15) is 12.0 Å². The third kappa shape index (κ3) is 5.63. The van der Waals surface area contributed by atoms with Crippen LogP contribution in [0.3, 0.4) is 0 Å². The van der Waals surface area contributed by atoms with Crippen molar-refractivity contribution in [3.05, 3.63) is 23.8 Å². The molecule has 0 radical (unpaired) electrons. The van der Waals surface area contributed by atoms with Crippen LogP contribution in [-0.2, 0) is 4.74 Å². The molecule has 128 valence electrons. The maximum Gasteiger partial charge on any atom is 0.422 e. The fourth-order valence-corrected chi connectivity index (χ4v) is 2.21. The Morgan fingerprint density at radius 3 is 2.87 bits per heavy atom. The number of hydrogen-bond donors (Lipinski definition) is 2. The van der Waals surface area contributed by atoms with Crippen molar-refractivity contribution < 1.29 is 27.4 Å². The first-order valence-corrected chi connectivity index (χ1v) is 7.27. The molecule has 1 saturated heterocycles. The van der Waals surface area contributed by atoms with Gasteiger partial charge in [0.05, 0.1) is 6.61 Å². The monoisotopic (exact) mass is 332 g/mol. The lowest BCUT2D eigenvalue weighted by Gasteiger charge is -2.15. The highest BCUT2D eigenvalue weighted by atomic mass is 19.4. The lowest BCUT2D eigenvalue weighted by atomic mass is 10.1. The number of halogens is 3. The lowest BCUT2D eigenvalue weighted by molar-refractivity contribution is -0.153. The highest BCUT2D eigenvalue weighted by molar-refractivity contribution is 5.90. The van der Waals surface area contributed by atoms with Crippen LogP contribution in [0.2, 0.25) is 0 Å². The normalized spacial score (nSPS) is 17.8. The Bertz CT molecular complexity index is 543. The summed E-state index contributed by atoms with van der Waals surface area (Å²) in [6, 6.07) is 4.15. The topological polar surface area (TPSA) is 59.6 Å². The summed E-state index contributed by atoms with van der Waals surface area (Å²) < 4.78 is 46.6. The van der Waals surface area contributed by atoms with Gasteiger partial charge in [-0.05, 0) is 25.5 Å². The number of carbonyl (C=O) groups is 1. The highest BCUT2D eigenvalue weighted by Gasteiger charge is 2.28. The van der Waals surface area contributed by atoms with E-state index in [1.807, 2.05) is 0 Å². The summed E-state index contributed by atoms with van der Waals surface area (Å²) in [5.74, 6) is 0.382. The zero-order valence-corrected chi connectivity index (χ0v) is 12.7. The van der Waals surface area contributed by atoms with Crippen molar-refractivity contribution in [1.82, 2.24) is 5.32 Å². The van der Waals surface area contributed by atoms with Gasteiger partial charge >= 0.3 is 12.2 Å². The van der Waals surface area contributed by atoms with Crippen LogP contribution >= 0.6 is 0 Å². The van der Waals surface area contributed by atoms with Gasteiger partial charge in [0.1, 0.15) is 5.75 Å². The number of carbonyl (C=O) groups excluding carboxylic acids is 1. The van der Waals surface area contributed by atoms with Crippen molar-refractivity contribution >= 4 is 11.7 Å². The summed E-state index contributed by atoms with van der Waals surface area (Å²) in [6.07, 6.45) is -3.50. The number of nitrogens with one attached hydrogen (secondary N) is 2. The average Bonchev–Trinajstić information content (AvgIpc) is 2.98. The summed E-state index contributed by atoms with van der Waals surface area (Å²) in [5, 5.41) is 5.34. The van der Waals surface area contributed by atoms with Crippen LogP contribution in [0, 0.1) is 12.8 Å². The molecule has 2 amide bonds. The largest absolute Gasteiger partial charge is 0.484 e. The van der Waals surface area contributed by atoms with E-state index in [9.17, 15) is 18.0 Å². The Labute approximate surface area is 132 Å². The molecule has 2 N–H and O–H groups in total. The van der Waals surface area contributed by atoms with Crippen molar-refractivity contribution in [2.75, 3.05) is 31.7 Å². The third-order valence-corrected chi connectivity index (χ3v) is 3.50. The van der Waals surface area contributed by atoms with Crippen molar-refractivity contribution in [3.63, 3.8) is 0 Å². The van der Waals surface area contributed by atoms with E-state index in [1.54, 1.807) is 13.0 Å². The van der Waals surface area contributed by atoms with Crippen LogP contribution in [-0.4, -0.2) is 38.6 Å². The first-order valence-electron chi connectivity index (χ1n) is 7.27. The molecular weight excluding hydrogens is 313 g/mol. The minimum absolute atomic E-state index is 0.0873. The highest BCUT2D eigenvalue weighted by Crippen LogP contribution is 2.27. The molecule has 23 heavy (non-hydrogen) atoms. The molecule has 1 aliphatic heterocycles. The van der Waals surface area contributed by atoms with Crippen molar-refractivity contribution in [2.24, 2.45) is 5.92 Å². The molecular formula is C15H19F3N2O3. The summed E-state index contributed by atoms with van der Waals surface area (Å²) >= 11 is 0. The number of benzene rings is 1. The molecule has 1 aliphatic rings. The van der Waals surface area contributed by atoms with E-state index in [0.717, 1.165) is 6.42 Å². The number of hydrogen-bond acceptors (Lipinski definition) is 3. The summed E-state index contributed by atoms with van der Waals surface area (Å²) in [4.78, 5) is 11.9. The van der Waals surface area contributed by atoms with Gasteiger partial charge in [-0.2, -0.15) is 13.2 Å². The van der Waals surface area contributed by atoms with Crippen LogP contribution in [0.4, 0.5) is 23.7 Å². The molecule has 0 spiro atoms. The van der Waals surface area contributed by atoms with Crippen LogP contribution in [0.25, 0.3) is 0 Å². The van der Waals surface area contributed by atoms with E-state index in [4.69, 9.17) is 9.47 Å². The zero-order valence-electron chi connectivity index (χ0n) is 12.7. The van der Waals surface area contributed by atoms with Crippen LogP contribution in [0.5, 0.6) is 5.75 Å². The van der Waals surface area contributed by atoms with Gasteiger partial charge in [-0.1, -0.05) is 6.07 Å². The predicted molar refractivity (Wildman–Crippen MR) is 78.7 cm³/mol. The molecule has 1 fully saturated rings. The Balaban J connectivity index is 1.89. The second-order valence-electron chi connectivity index (χ2n) is 5.40. The van der Waals surface area contributed by atoms with E-state index in [0.29, 0.717) is 36.9 Å². The number of ether oxygens (including phenoxy) is 2. The number of amides is 2. The van der Waals surface area contributed by atoms with Gasteiger partial charge in [0.2, 0.25) is 0 Å². The number of anilines is 1. The molecule has 0 saturated carbocycles. The summed E-state index contributed by atoms with van der Waals surface area (Å²) in [7, 11) is 0. The predicted octanol–water partition coefficient (Wildman–Crippen LogP) is 3.09. The standard InChI is InChI=1S/C15H19F3N2O3/c1-10-12(3-2-4-13(10)23-9-15(16,17)18)20-14(21)19-7-11-5-6-22-8-11/h2-4,11H,5-9H2,1H3,(H2,19,20,21)/t11-/m1/s1. The Morgan fingerprint density at radius 1 is 1.43 bits per heavy atom. The number of alkyl halides is 3. The smallest absolute Gasteiger partial charge is 0.422 e. The SMILES string of the molecule is Cc1c(NC(=O)NC[C@H]2CCOC2)cccc1OCC(F)(F)F. The second kappa shape index (κ2) is 7.54. The second-order valence-corrected chi connectivity index (χ2v) is 5.40. The molecule has 8 heteroatoms. The summed E-state index contributed by atoms with van der Waals surface area (Å²) in [5.41, 5.74) is 0.848. The Morgan fingerprint density at radius 2 is 2.22 bits per heavy atom. The molecule has 1 atom stereocenters. The molecule has 1 heterocycles. The first-order chi connectivity index (χ1) is 10.8. The van der Waals surface area contributed by atoms with Gasteiger partial charge in [-0.3, -0.25) is 0 Å².